The third-order valence-electron chi connectivity index (χ3n) is 3.20. The van der Waals surface area contributed by atoms with E-state index in [1.807, 2.05) is 25.1 Å². The molecule has 0 amide bonds. The van der Waals surface area contributed by atoms with Gasteiger partial charge in [-0.25, -0.2) is 8.42 Å². The van der Waals surface area contributed by atoms with E-state index in [9.17, 15) is 8.42 Å². The fourth-order valence-electron chi connectivity index (χ4n) is 2.01. The minimum Gasteiger partial charge on any atom is -0.271 e. The van der Waals surface area contributed by atoms with Gasteiger partial charge in [0.25, 0.3) is 0 Å². The Morgan fingerprint density at radius 3 is 2.63 bits per heavy atom. The SMILES string of the molecule is CCS(=O)(=O)CCCC(NN)c1ccc(Cl)cc1C. The molecule has 0 saturated carbocycles. The molecule has 108 valence electrons. The molecule has 0 aliphatic carbocycles. The third kappa shape index (κ3) is 5.10. The smallest absolute Gasteiger partial charge is 0.150 e. The highest BCUT2D eigenvalue weighted by Crippen LogP contribution is 2.24. The van der Waals surface area contributed by atoms with Gasteiger partial charge in [0, 0.05) is 16.8 Å². The highest BCUT2D eigenvalue weighted by Gasteiger charge is 2.14. The van der Waals surface area contributed by atoms with Crippen molar-refractivity contribution in [2.45, 2.75) is 32.7 Å². The van der Waals surface area contributed by atoms with Gasteiger partial charge in [0.05, 0.1) is 5.75 Å². The lowest BCUT2D eigenvalue weighted by atomic mass is 9.98. The number of rotatable bonds is 7. The Balaban J connectivity index is 2.68. The first kappa shape index (κ1) is 16.4. The largest absolute Gasteiger partial charge is 0.271 e. The van der Waals surface area contributed by atoms with Crippen molar-refractivity contribution in [3.63, 3.8) is 0 Å². The fourth-order valence-corrected chi connectivity index (χ4v) is 3.13. The summed E-state index contributed by atoms with van der Waals surface area (Å²) in [4.78, 5) is 0. The summed E-state index contributed by atoms with van der Waals surface area (Å²) in [6.07, 6.45) is 1.27. The second-order valence-corrected chi connectivity index (χ2v) is 7.51. The number of hydrogen-bond acceptors (Lipinski definition) is 4. The van der Waals surface area contributed by atoms with Crippen LogP contribution in [-0.4, -0.2) is 19.9 Å². The number of benzene rings is 1. The maximum Gasteiger partial charge on any atom is 0.150 e. The van der Waals surface area contributed by atoms with Crippen molar-refractivity contribution in [1.82, 2.24) is 5.43 Å². The Kier molecular flexibility index (Phi) is 6.26. The summed E-state index contributed by atoms with van der Waals surface area (Å²) in [6, 6.07) is 5.57. The molecule has 19 heavy (non-hydrogen) atoms. The Labute approximate surface area is 120 Å². The predicted octanol–water partition coefficient (Wildman–Crippen LogP) is 2.37. The molecule has 1 unspecified atom stereocenters. The van der Waals surface area contributed by atoms with E-state index in [2.05, 4.69) is 5.43 Å². The lowest BCUT2D eigenvalue weighted by molar-refractivity contribution is 0.505. The van der Waals surface area contributed by atoms with Gasteiger partial charge in [-0.05, 0) is 43.0 Å². The Hall–Kier alpha value is -0.620. The molecule has 4 nitrogen and oxygen atoms in total. The van der Waals surface area contributed by atoms with E-state index in [1.165, 1.54) is 0 Å². The molecule has 1 aromatic carbocycles. The van der Waals surface area contributed by atoms with Gasteiger partial charge < -0.3 is 0 Å². The second-order valence-electron chi connectivity index (χ2n) is 4.60. The zero-order chi connectivity index (χ0) is 14.5. The van der Waals surface area contributed by atoms with E-state index in [0.29, 0.717) is 17.9 Å². The minimum absolute atomic E-state index is 0.0516. The molecule has 1 rings (SSSR count). The van der Waals surface area contributed by atoms with E-state index in [-0.39, 0.29) is 17.5 Å². The molecule has 1 aromatic rings. The lowest BCUT2D eigenvalue weighted by Crippen LogP contribution is -2.29. The van der Waals surface area contributed by atoms with Crippen molar-refractivity contribution in [2.75, 3.05) is 11.5 Å². The number of halogens is 1. The van der Waals surface area contributed by atoms with Gasteiger partial charge >= 0.3 is 0 Å². The van der Waals surface area contributed by atoms with E-state index < -0.39 is 9.84 Å². The van der Waals surface area contributed by atoms with Gasteiger partial charge in [-0.3, -0.25) is 11.3 Å². The van der Waals surface area contributed by atoms with Crippen LogP contribution in [0, 0.1) is 6.92 Å². The van der Waals surface area contributed by atoms with Crippen molar-refractivity contribution >= 4 is 21.4 Å². The van der Waals surface area contributed by atoms with Gasteiger partial charge in [-0.2, -0.15) is 0 Å². The Morgan fingerprint density at radius 2 is 2.11 bits per heavy atom. The summed E-state index contributed by atoms with van der Waals surface area (Å²) in [5.41, 5.74) is 4.85. The molecule has 3 N–H and O–H groups in total. The van der Waals surface area contributed by atoms with Gasteiger partial charge in [-0.1, -0.05) is 24.6 Å². The van der Waals surface area contributed by atoms with Crippen molar-refractivity contribution in [1.29, 1.82) is 0 Å². The number of nitrogens with one attached hydrogen (secondary N) is 1. The van der Waals surface area contributed by atoms with Gasteiger partial charge in [-0.15, -0.1) is 0 Å². The van der Waals surface area contributed by atoms with Crippen LogP contribution in [0.1, 0.15) is 36.9 Å². The quantitative estimate of drug-likeness (QED) is 0.599. The molecule has 0 aliphatic heterocycles. The van der Waals surface area contributed by atoms with Crippen LogP contribution in [0.3, 0.4) is 0 Å². The van der Waals surface area contributed by atoms with Gasteiger partial charge in [0.2, 0.25) is 0 Å². The fraction of sp³-hybridized carbons (Fsp3) is 0.538. The molecular formula is C13H21ClN2O2S. The summed E-state index contributed by atoms with van der Waals surface area (Å²) >= 11 is 5.92. The molecule has 0 fully saturated rings. The van der Waals surface area contributed by atoms with Crippen LogP contribution < -0.4 is 11.3 Å². The number of hydrazine groups is 1. The average molecular weight is 305 g/mol. The average Bonchev–Trinajstić information content (AvgIpc) is 2.36. The highest BCUT2D eigenvalue weighted by molar-refractivity contribution is 7.91. The molecule has 0 bridgehead atoms. The minimum atomic E-state index is -2.91. The normalized spacial score (nSPS) is 13.5. The van der Waals surface area contributed by atoms with Crippen molar-refractivity contribution in [3.8, 4) is 0 Å². The van der Waals surface area contributed by atoms with Crippen LogP contribution in [0.2, 0.25) is 5.02 Å². The van der Waals surface area contributed by atoms with Crippen LogP contribution in [-0.2, 0) is 9.84 Å². The van der Waals surface area contributed by atoms with Crippen molar-refractivity contribution in [3.05, 3.63) is 34.3 Å². The first-order chi connectivity index (χ1) is 8.89. The molecule has 0 radical (unpaired) electrons. The first-order valence-corrected chi connectivity index (χ1v) is 8.52. The zero-order valence-electron chi connectivity index (χ0n) is 11.3. The van der Waals surface area contributed by atoms with E-state index >= 15 is 0 Å². The summed E-state index contributed by atoms with van der Waals surface area (Å²) in [6.45, 7) is 3.63. The summed E-state index contributed by atoms with van der Waals surface area (Å²) < 4.78 is 22.9. The van der Waals surface area contributed by atoms with E-state index in [4.69, 9.17) is 17.4 Å². The summed E-state index contributed by atoms with van der Waals surface area (Å²) in [5.74, 6) is 5.95. The number of aryl methyl sites for hydroxylation is 1. The molecule has 1 atom stereocenters. The third-order valence-corrected chi connectivity index (χ3v) is 5.22. The molecule has 6 heteroatoms. The van der Waals surface area contributed by atoms with Crippen molar-refractivity contribution < 1.29 is 8.42 Å². The molecule has 0 heterocycles. The lowest BCUT2D eigenvalue weighted by Gasteiger charge is -2.18. The Morgan fingerprint density at radius 1 is 1.42 bits per heavy atom. The summed E-state index contributed by atoms with van der Waals surface area (Å²) in [7, 11) is -2.91. The predicted molar refractivity (Wildman–Crippen MR) is 79.8 cm³/mol. The second kappa shape index (κ2) is 7.24. The van der Waals surface area contributed by atoms with E-state index in [0.717, 1.165) is 11.1 Å². The number of nitrogens with two attached hydrogens (primary N) is 1. The van der Waals surface area contributed by atoms with Crippen molar-refractivity contribution in [2.24, 2.45) is 5.84 Å². The van der Waals surface area contributed by atoms with Gasteiger partial charge in [0.15, 0.2) is 0 Å². The van der Waals surface area contributed by atoms with Crippen LogP contribution in [0.15, 0.2) is 18.2 Å². The monoisotopic (exact) mass is 304 g/mol. The molecule has 0 spiro atoms. The summed E-state index contributed by atoms with van der Waals surface area (Å²) in [5, 5.41) is 0.686. The first-order valence-electron chi connectivity index (χ1n) is 6.32. The molecule has 0 aromatic heterocycles. The van der Waals surface area contributed by atoms with Crippen LogP contribution in [0.25, 0.3) is 0 Å². The molecular weight excluding hydrogens is 284 g/mol. The standard InChI is InChI=1S/C13H21ClN2O2S/c1-3-19(17,18)8-4-5-13(16-15)12-7-6-11(14)9-10(12)2/h6-7,9,13,16H,3-5,8,15H2,1-2H3. The van der Waals surface area contributed by atoms with Crippen LogP contribution in [0.4, 0.5) is 0 Å². The highest BCUT2D eigenvalue weighted by atomic mass is 35.5. The Bertz CT molecular complexity index is 517. The number of sulfone groups is 1. The van der Waals surface area contributed by atoms with Gasteiger partial charge in [0.1, 0.15) is 9.84 Å². The maximum absolute atomic E-state index is 11.4. The number of hydrogen-bond donors (Lipinski definition) is 2. The van der Waals surface area contributed by atoms with Crippen LogP contribution in [0.5, 0.6) is 0 Å². The molecule has 0 saturated heterocycles. The molecule has 0 aliphatic rings. The van der Waals surface area contributed by atoms with Crippen LogP contribution >= 0.6 is 11.6 Å². The maximum atomic E-state index is 11.4. The topological polar surface area (TPSA) is 72.2 Å². The zero-order valence-corrected chi connectivity index (χ0v) is 12.9. The van der Waals surface area contributed by atoms with E-state index in [1.54, 1.807) is 6.92 Å².